The third-order valence-electron chi connectivity index (χ3n) is 6.60. The lowest BCUT2D eigenvalue weighted by Crippen LogP contribution is -2.24. The number of primary amides is 1. The first kappa shape index (κ1) is 27.8. The topological polar surface area (TPSA) is 127 Å². The van der Waals surface area contributed by atoms with Gasteiger partial charge in [0.25, 0.3) is 17.7 Å². The van der Waals surface area contributed by atoms with Gasteiger partial charge in [-0.05, 0) is 54.3 Å². The molecule has 0 atom stereocenters. The quantitative estimate of drug-likeness (QED) is 0.253. The van der Waals surface area contributed by atoms with Gasteiger partial charge in [-0.25, -0.2) is 23.1 Å². The average Bonchev–Trinajstić information content (AvgIpc) is 3.54. The van der Waals surface area contributed by atoms with E-state index in [2.05, 4.69) is 15.3 Å². The summed E-state index contributed by atoms with van der Waals surface area (Å²) in [6, 6.07) is 15.3. The highest BCUT2D eigenvalue weighted by atomic mass is 32.1. The summed E-state index contributed by atoms with van der Waals surface area (Å²) in [5, 5.41) is 3.53. The van der Waals surface area contributed by atoms with E-state index in [0.29, 0.717) is 16.1 Å². The Bertz CT molecular complexity index is 1680. The summed E-state index contributed by atoms with van der Waals surface area (Å²) >= 11 is 1.29. The van der Waals surface area contributed by atoms with Gasteiger partial charge in [0, 0.05) is 28.9 Å². The number of aromatic nitrogens is 1. The van der Waals surface area contributed by atoms with E-state index >= 15 is 4.39 Å². The molecule has 0 radical (unpaired) electrons. The molecule has 5 rings (SSSR count). The molecular formula is C29H25F3N6O2S. The molecule has 2 aromatic carbocycles. The summed E-state index contributed by atoms with van der Waals surface area (Å²) < 4.78 is 43.6. The van der Waals surface area contributed by atoms with E-state index in [-0.39, 0.29) is 41.4 Å². The van der Waals surface area contributed by atoms with Crippen LogP contribution in [0.5, 0.6) is 0 Å². The van der Waals surface area contributed by atoms with E-state index in [9.17, 15) is 18.4 Å². The number of halogens is 3. The van der Waals surface area contributed by atoms with Crippen LogP contribution >= 0.6 is 11.3 Å². The normalized spacial score (nSPS) is 15.4. The van der Waals surface area contributed by atoms with Crippen LogP contribution in [0.4, 0.5) is 30.4 Å². The van der Waals surface area contributed by atoms with Crippen molar-refractivity contribution in [2.75, 3.05) is 23.3 Å². The molecule has 8 nitrogen and oxygen atoms in total. The Hall–Kier alpha value is -4.71. The molecule has 41 heavy (non-hydrogen) atoms. The molecule has 1 saturated heterocycles. The molecule has 2 amide bonds. The highest BCUT2D eigenvalue weighted by molar-refractivity contribution is 7.20. The number of thiophene rings is 1. The second-order valence-electron chi connectivity index (χ2n) is 9.58. The summed E-state index contributed by atoms with van der Waals surface area (Å²) in [7, 11) is 0. The number of nitrogens with zero attached hydrogens (tertiary/aromatic N) is 3. The van der Waals surface area contributed by atoms with Crippen molar-refractivity contribution in [1.82, 2.24) is 4.98 Å². The van der Waals surface area contributed by atoms with Gasteiger partial charge in [0.15, 0.2) is 11.6 Å². The molecule has 0 saturated carbocycles. The van der Waals surface area contributed by atoms with Crippen LogP contribution in [0.15, 0.2) is 71.9 Å². The number of amides is 2. The Morgan fingerprint density at radius 2 is 1.93 bits per heavy atom. The van der Waals surface area contributed by atoms with Crippen molar-refractivity contribution in [3.63, 3.8) is 0 Å². The van der Waals surface area contributed by atoms with Gasteiger partial charge in [-0.1, -0.05) is 24.3 Å². The molecular weight excluding hydrogens is 553 g/mol. The zero-order valence-electron chi connectivity index (χ0n) is 21.8. The van der Waals surface area contributed by atoms with Gasteiger partial charge in [0.05, 0.1) is 29.0 Å². The number of benzene rings is 2. The molecule has 1 aliphatic heterocycles. The zero-order valence-corrected chi connectivity index (χ0v) is 22.6. The van der Waals surface area contributed by atoms with E-state index in [4.69, 9.17) is 11.5 Å². The molecule has 5 N–H and O–H groups in total. The van der Waals surface area contributed by atoms with Gasteiger partial charge in [0.1, 0.15) is 5.71 Å². The van der Waals surface area contributed by atoms with Gasteiger partial charge in [-0.3, -0.25) is 9.59 Å². The molecule has 0 bridgehead atoms. The van der Waals surface area contributed by atoms with Crippen LogP contribution in [-0.2, 0) is 4.79 Å². The van der Waals surface area contributed by atoms with E-state index in [1.807, 2.05) is 24.3 Å². The van der Waals surface area contributed by atoms with Crippen LogP contribution in [0.1, 0.15) is 27.2 Å². The Labute approximate surface area is 237 Å². The fraction of sp³-hybridized carbons (Fsp3) is 0.172. The van der Waals surface area contributed by atoms with E-state index in [0.717, 1.165) is 16.2 Å². The number of carbonyl (C=O) groups is 2. The van der Waals surface area contributed by atoms with Gasteiger partial charge >= 0.3 is 0 Å². The Morgan fingerprint density at radius 3 is 2.59 bits per heavy atom. The minimum Gasteiger partial charge on any atom is -0.398 e. The van der Waals surface area contributed by atoms with Gasteiger partial charge < -0.3 is 21.7 Å². The largest absolute Gasteiger partial charge is 0.398 e. The molecule has 0 aliphatic carbocycles. The number of aliphatic imine (C=N–C) groups is 1. The van der Waals surface area contributed by atoms with Crippen molar-refractivity contribution < 1.29 is 22.8 Å². The predicted molar refractivity (Wildman–Crippen MR) is 155 cm³/mol. The maximum absolute atomic E-state index is 15.6. The van der Waals surface area contributed by atoms with Crippen LogP contribution in [0.25, 0.3) is 15.8 Å². The highest BCUT2D eigenvalue weighted by Crippen LogP contribution is 2.32. The number of carbonyl (C=O) groups excluding carboxylic acids is 2. The van der Waals surface area contributed by atoms with Crippen molar-refractivity contribution >= 4 is 61.8 Å². The van der Waals surface area contributed by atoms with Crippen molar-refractivity contribution in [2.24, 2.45) is 16.5 Å². The number of nitrogens with two attached hydrogens (primary N) is 2. The first-order valence-corrected chi connectivity index (χ1v) is 13.4. The molecule has 0 spiro atoms. The summed E-state index contributed by atoms with van der Waals surface area (Å²) in [6.45, 7) is 1.43. The first-order chi connectivity index (χ1) is 19.5. The molecule has 3 heterocycles. The lowest BCUT2D eigenvalue weighted by Gasteiger charge is -2.17. The maximum Gasteiger partial charge on any atom is 0.267 e. The lowest BCUT2D eigenvalue weighted by atomic mass is 10.0. The third-order valence-corrected chi connectivity index (χ3v) is 7.71. The van der Waals surface area contributed by atoms with Gasteiger partial charge in [-0.15, -0.1) is 11.3 Å². The smallest absolute Gasteiger partial charge is 0.267 e. The Balaban J connectivity index is 1.39. The average molecular weight is 579 g/mol. The van der Waals surface area contributed by atoms with Gasteiger partial charge in [-0.2, -0.15) is 0 Å². The molecule has 1 aliphatic rings. The minimum atomic E-state index is -2.76. The number of aryl methyl sites for hydroxylation is 1. The minimum absolute atomic E-state index is 0.0522. The van der Waals surface area contributed by atoms with Crippen LogP contribution in [0.3, 0.4) is 0 Å². The fourth-order valence-corrected chi connectivity index (χ4v) is 5.37. The molecule has 2 aromatic heterocycles. The monoisotopic (exact) mass is 578 g/mol. The van der Waals surface area contributed by atoms with E-state index < -0.39 is 30.1 Å². The molecule has 12 heteroatoms. The number of nitrogens with one attached hydrogen (secondary N) is 1. The number of hydrogen-bond acceptors (Lipinski definition) is 7. The number of pyridine rings is 1. The summed E-state index contributed by atoms with van der Waals surface area (Å²) in [4.78, 5) is 35.2. The van der Waals surface area contributed by atoms with Crippen molar-refractivity contribution in [3.05, 3.63) is 88.7 Å². The number of hydrogen-bond donors (Lipinski definition) is 3. The van der Waals surface area contributed by atoms with Crippen LogP contribution in [0, 0.1) is 12.7 Å². The zero-order chi connectivity index (χ0) is 29.3. The Kier molecular flexibility index (Phi) is 7.50. The van der Waals surface area contributed by atoms with Crippen LogP contribution in [0.2, 0.25) is 0 Å². The predicted octanol–water partition coefficient (Wildman–Crippen LogP) is 5.40. The standard InChI is InChI=1S/C29H25F3N6O2S/c1-16-6-8-19(25(30)26(16)37-28(40)23-12-17-4-2-3-5-22(17)41-23)20(33)13-21(27(34)39)36-24-9-7-18(14-35-24)38-11-10-29(31,32)15-38/h2-9,12-14H,10-11,15,33H2,1H3,(H2,34,39)(H,37,40). The van der Waals surface area contributed by atoms with Crippen molar-refractivity contribution in [3.8, 4) is 0 Å². The second kappa shape index (κ2) is 11.0. The van der Waals surface area contributed by atoms with Crippen molar-refractivity contribution in [2.45, 2.75) is 19.3 Å². The van der Waals surface area contributed by atoms with Crippen LogP contribution < -0.4 is 21.7 Å². The summed E-state index contributed by atoms with van der Waals surface area (Å²) in [5.74, 6) is -4.88. The van der Waals surface area contributed by atoms with E-state index in [1.165, 1.54) is 34.6 Å². The molecule has 210 valence electrons. The molecule has 1 fully saturated rings. The first-order valence-electron chi connectivity index (χ1n) is 12.5. The summed E-state index contributed by atoms with van der Waals surface area (Å²) in [5.41, 5.74) is 12.0. The number of anilines is 2. The molecule has 0 unspecified atom stereocenters. The number of fused-ring (bicyclic) bond motifs is 1. The lowest BCUT2D eigenvalue weighted by molar-refractivity contribution is -0.111. The highest BCUT2D eigenvalue weighted by Gasteiger charge is 2.38. The third kappa shape index (κ3) is 6.07. The number of alkyl halides is 2. The SMILES string of the molecule is Cc1ccc(C(N)=CC(=Nc2ccc(N3CCC(F)(F)C3)cn2)C(N)=O)c(F)c1NC(=O)c1cc2ccccc2s1. The maximum atomic E-state index is 15.6. The van der Waals surface area contributed by atoms with Gasteiger partial charge in [0.2, 0.25) is 0 Å². The fourth-order valence-electron chi connectivity index (χ4n) is 4.41. The molecule has 4 aromatic rings. The van der Waals surface area contributed by atoms with E-state index in [1.54, 1.807) is 25.1 Å². The Morgan fingerprint density at radius 1 is 1.15 bits per heavy atom. The second-order valence-corrected chi connectivity index (χ2v) is 10.7. The van der Waals surface area contributed by atoms with Crippen LogP contribution in [-0.4, -0.2) is 41.5 Å². The number of rotatable bonds is 7. The summed E-state index contributed by atoms with van der Waals surface area (Å²) in [6.07, 6.45) is 2.25. The van der Waals surface area contributed by atoms with Crippen molar-refractivity contribution in [1.29, 1.82) is 0 Å².